The highest BCUT2D eigenvalue weighted by Crippen LogP contribution is 2.27. The van der Waals surface area contributed by atoms with Gasteiger partial charge in [0, 0.05) is 5.69 Å². The van der Waals surface area contributed by atoms with E-state index in [9.17, 15) is 4.79 Å². The van der Waals surface area contributed by atoms with Gasteiger partial charge in [0.2, 0.25) is 5.91 Å². The van der Waals surface area contributed by atoms with E-state index < -0.39 is 0 Å². The zero-order chi connectivity index (χ0) is 14.7. The topological polar surface area (TPSA) is 71.2 Å². The number of carbonyl (C=O) groups is 1. The predicted molar refractivity (Wildman–Crippen MR) is 87.6 cm³/mol. The first-order valence-corrected chi connectivity index (χ1v) is 8.21. The Labute approximate surface area is 128 Å². The van der Waals surface area contributed by atoms with Crippen LogP contribution < -0.4 is 11.1 Å². The molecule has 5 nitrogen and oxygen atoms in total. The van der Waals surface area contributed by atoms with Gasteiger partial charge < -0.3 is 11.1 Å². The van der Waals surface area contributed by atoms with Crippen LogP contribution in [0, 0.1) is 0 Å². The van der Waals surface area contributed by atoms with E-state index in [2.05, 4.69) is 15.2 Å². The van der Waals surface area contributed by atoms with E-state index in [-0.39, 0.29) is 5.91 Å². The molecule has 1 aliphatic heterocycles. The van der Waals surface area contributed by atoms with Crippen LogP contribution in [0.4, 0.5) is 10.8 Å². The van der Waals surface area contributed by atoms with Crippen LogP contribution in [0.1, 0.15) is 25.7 Å². The van der Waals surface area contributed by atoms with Crippen molar-refractivity contribution in [2.75, 3.05) is 30.7 Å². The van der Waals surface area contributed by atoms with Crippen LogP contribution in [0.5, 0.6) is 0 Å². The number of likely N-dealkylation sites (tertiary alicyclic amines) is 1. The monoisotopic (exact) mass is 304 g/mol. The van der Waals surface area contributed by atoms with Gasteiger partial charge in [-0.2, -0.15) is 0 Å². The molecule has 112 valence electrons. The number of anilines is 2. The number of fused-ring (bicyclic) bond motifs is 1. The minimum absolute atomic E-state index is 0.0175. The summed E-state index contributed by atoms with van der Waals surface area (Å²) in [5.74, 6) is 0.0175. The minimum Gasteiger partial charge on any atom is -0.399 e. The van der Waals surface area contributed by atoms with E-state index in [1.165, 1.54) is 37.0 Å². The zero-order valence-corrected chi connectivity index (χ0v) is 12.8. The first kappa shape index (κ1) is 14.3. The van der Waals surface area contributed by atoms with Crippen molar-refractivity contribution in [3.63, 3.8) is 0 Å². The molecule has 1 fully saturated rings. The lowest BCUT2D eigenvalue weighted by molar-refractivity contribution is -0.117. The van der Waals surface area contributed by atoms with Gasteiger partial charge in [0.1, 0.15) is 0 Å². The van der Waals surface area contributed by atoms with Crippen molar-refractivity contribution < 1.29 is 4.79 Å². The lowest BCUT2D eigenvalue weighted by Gasteiger charge is -2.18. The van der Waals surface area contributed by atoms with Gasteiger partial charge >= 0.3 is 0 Å². The molecular formula is C15H20N4OS. The summed E-state index contributed by atoms with van der Waals surface area (Å²) in [6, 6.07) is 5.59. The first-order valence-electron chi connectivity index (χ1n) is 7.39. The SMILES string of the molecule is Nc1ccc2nc(NC(=O)CN3CCCCCC3)sc2c1. The van der Waals surface area contributed by atoms with Crippen molar-refractivity contribution >= 4 is 38.3 Å². The maximum absolute atomic E-state index is 12.1. The van der Waals surface area contributed by atoms with Crippen LogP contribution in [0.25, 0.3) is 10.2 Å². The Morgan fingerprint density at radius 3 is 2.81 bits per heavy atom. The highest BCUT2D eigenvalue weighted by molar-refractivity contribution is 7.22. The highest BCUT2D eigenvalue weighted by atomic mass is 32.1. The molecular weight excluding hydrogens is 284 g/mol. The van der Waals surface area contributed by atoms with Gasteiger partial charge in [-0.3, -0.25) is 9.69 Å². The fourth-order valence-corrected chi connectivity index (χ4v) is 3.58. The van der Waals surface area contributed by atoms with Gasteiger partial charge in [-0.15, -0.1) is 0 Å². The molecule has 0 atom stereocenters. The van der Waals surface area contributed by atoms with Crippen molar-refractivity contribution in [3.8, 4) is 0 Å². The maximum atomic E-state index is 12.1. The summed E-state index contributed by atoms with van der Waals surface area (Å²) in [4.78, 5) is 18.8. The van der Waals surface area contributed by atoms with E-state index in [1.54, 1.807) is 0 Å². The van der Waals surface area contributed by atoms with Crippen LogP contribution in [0.15, 0.2) is 18.2 Å². The molecule has 0 spiro atoms. The maximum Gasteiger partial charge on any atom is 0.240 e. The first-order chi connectivity index (χ1) is 10.2. The molecule has 0 unspecified atom stereocenters. The third-order valence-corrected chi connectivity index (χ3v) is 4.66. The highest BCUT2D eigenvalue weighted by Gasteiger charge is 2.14. The van der Waals surface area contributed by atoms with Gasteiger partial charge in [0.15, 0.2) is 5.13 Å². The lowest BCUT2D eigenvalue weighted by Crippen LogP contribution is -2.33. The molecule has 1 aliphatic rings. The number of nitrogen functional groups attached to an aromatic ring is 1. The summed E-state index contributed by atoms with van der Waals surface area (Å²) >= 11 is 1.46. The number of hydrogen-bond acceptors (Lipinski definition) is 5. The predicted octanol–water partition coefficient (Wildman–Crippen LogP) is 2.69. The molecule has 21 heavy (non-hydrogen) atoms. The normalized spacial score (nSPS) is 16.8. The smallest absolute Gasteiger partial charge is 0.240 e. The summed E-state index contributed by atoms with van der Waals surface area (Å²) in [5.41, 5.74) is 7.35. The molecule has 0 bridgehead atoms. The second-order valence-corrected chi connectivity index (χ2v) is 6.52. The number of hydrogen-bond donors (Lipinski definition) is 2. The third-order valence-electron chi connectivity index (χ3n) is 3.72. The second-order valence-electron chi connectivity index (χ2n) is 5.48. The van der Waals surface area contributed by atoms with E-state index in [0.29, 0.717) is 17.4 Å². The number of amides is 1. The summed E-state index contributed by atoms with van der Waals surface area (Å²) in [7, 11) is 0. The van der Waals surface area contributed by atoms with E-state index in [1.807, 2.05) is 18.2 Å². The Bertz CT molecular complexity index is 632. The molecule has 2 heterocycles. The Morgan fingerprint density at radius 2 is 2.05 bits per heavy atom. The zero-order valence-electron chi connectivity index (χ0n) is 12.0. The molecule has 0 radical (unpaired) electrons. The number of rotatable bonds is 3. The number of carbonyl (C=O) groups excluding carboxylic acids is 1. The molecule has 1 aromatic heterocycles. The van der Waals surface area contributed by atoms with E-state index in [0.717, 1.165) is 23.3 Å². The lowest BCUT2D eigenvalue weighted by atomic mass is 10.2. The Kier molecular flexibility index (Phi) is 4.36. The Hall–Kier alpha value is -1.66. The quantitative estimate of drug-likeness (QED) is 0.855. The second kappa shape index (κ2) is 6.41. The molecule has 1 aromatic carbocycles. The van der Waals surface area contributed by atoms with Crippen molar-refractivity contribution in [2.45, 2.75) is 25.7 Å². The fraction of sp³-hybridized carbons (Fsp3) is 0.467. The average Bonchev–Trinajstić information content (AvgIpc) is 2.66. The summed E-state index contributed by atoms with van der Waals surface area (Å²) in [5, 5.41) is 3.55. The third kappa shape index (κ3) is 3.71. The average molecular weight is 304 g/mol. The molecule has 0 aliphatic carbocycles. The van der Waals surface area contributed by atoms with Crippen molar-refractivity contribution in [1.29, 1.82) is 0 Å². The number of benzene rings is 1. The van der Waals surface area contributed by atoms with Gasteiger partial charge in [0.25, 0.3) is 0 Å². The van der Waals surface area contributed by atoms with E-state index >= 15 is 0 Å². The summed E-state index contributed by atoms with van der Waals surface area (Å²) in [6.45, 7) is 2.49. The van der Waals surface area contributed by atoms with Crippen molar-refractivity contribution in [2.24, 2.45) is 0 Å². The molecule has 3 N–H and O–H groups in total. The van der Waals surface area contributed by atoms with Crippen LogP contribution in [0.3, 0.4) is 0 Å². The van der Waals surface area contributed by atoms with Crippen LogP contribution in [-0.4, -0.2) is 35.4 Å². The number of aromatic nitrogens is 1. The minimum atomic E-state index is 0.0175. The molecule has 0 saturated carbocycles. The van der Waals surface area contributed by atoms with Crippen LogP contribution >= 0.6 is 11.3 Å². The standard InChI is InChI=1S/C15H20N4OS/c16-11-5-6-12-13(9-11)21-15(17-12)18-14(20)10-19-7-3-1-2-4-8-19/h5-6,9H,1-4,7-8,10,16H2,(H,17,18,20). The summed E-state index contributed by atoms with van der Waals surface area (Å²) in [6.07, 6.45) is 4.93. The van der Waals surface area contributed by atoms with Gasteiger partial charge in [-0.05, 0) is 44.1 Å². The number of thiazole rings is 1. The van der Waals surface area contributed by atoms with E-state index in [4.69, 9.17) is 5.73 Å². The number of nitrogens with zero attached hydrogens (tertiary/aromatic N) is 2. The van der Waals surface area contributed by atoms with Gasteiger partial charge in [-0.25, -0.2) is 4.98 Å². The molecule has 3 rings (SSSR count). The van der Waals surface area contributed by atoms with Crippen molar-refractivity contribution in [1.82, 2.24) is 9.88 Å². The molecule has 1 saturated heterocycles. The Balaban J connectivity index is 1.62. The van der Waals surface area contributed by atoms with Gasteiger partial charge in [-0.1, -0.05) is 24.2 Å². The molecule has 6 heteroatoms. The molecule has 1 amide bonds. The Morgan fingerprint density at radius 1 is 1.29 bits per heavy atom. The van der Waals surface area contributed by atoms with Crippen molar-refractivity contribution in [3.05, 3.63) is 18.2 Å². The summed E-state index contributed by atoms with van der Waals surface area (Å²) < 4.78 is 1.00. The fourth-order valence-electron chi connectivity index (χ4n) is 2.65. The largest absolute Gasteiger partial charge is 0.399 e. The molecule has 2 aromatic rings. The number of nitrogens with two attached hydrogens (primary N) is 1. The van der Waals surface area contributed by atoms with Crippen LogP contribution in [-0.2, 0) is 4.79 Å². The number of nitrogens with one attached hydrogen (secondary N) is 1. The van der Waals surface area contributed by atoms with Gasteiger partial charge in [0.05, 0.1) is 16.8 Å². The van der Waals surface area contributed by atoms with Crippen LogP contribution in [0.2, 0.25) is 0 Å².